The molecule has 2 aromatic heterocycles. The molecule has 11 rings (SSSR count). The minimum atomic E-state index is 0.875. The molecule has 0 bridgehead atoms. The molecule has 11 aromatic rings. The Kier molecular flexibility index (Phi) is 7.39. The Balaban J connectivity index is 1.10. The van der Waals surface area contributed by atoms with E-state index in [1.54, 1.807) is 0 Å². The monoisotopic (exact) mass is 719 g/mol. The van der Waals surface area contributed by atoms with Crippen LogP contribution in [-0.4, -0.2) is 0 Å². The fourth-order valence-corrected chi connectivity index (χ4v) is 9.33. The summed E-state index contributed by atoms with van der Waals surface area (Å²) in [4.78, 5) is 2.40. The molecule has 2 heterocycles. The van der Waals surface area contributed by atoms with Crippen molar-refractivity contribution in [2.75, 3.05) is 4.90 Å². The van der Waals surface area contributed by atoms with Crippen LogP contribution in [0.15, 0.2) is 205 Å². The second kappa shape index (κ2) is 12.9. The summed E-state index contributed by atoms with van der Waals surface area (Å²) in [6, 6.07) is 72.2. The van der Waals surface area contributed by atoms with Crippen molar-refractivity contribution in [3.8, 4) is 33.4 Å². The minimum absolute atomic E-state index is 0.875. The van der Waals surface area contributed by atoms with Crippen LogP contribution in [0.25, 0.3) is 86.3 Å². The van der Waals surface area contributed by atoms with Crippen molar-refractivity contribution < 1.29 is 4.42 Å². The summed E-state index contributed by atoms with van der Waals surface area (Å²) in [5, 5.41) is 7.09. The normalized spacial score (nSPS) is 11.6. The minimum Gasteiger partial charge on any atom is -0.455 e. The van der Waals surface area contributed by atoms with Crippen LogP contribution in [0.4, 0.5) is 17.1 Å². The fraction of sp³-hybridized carbons (Fsp3) is 0. The van der Waals surface area contributed by atoms with E-state index in [0.29, 0.717) is 0 Å². The zero-order valence-electron chi connectivity index (χ0n) is 29.8. The van der Waals surface area contributed by atoms with Crippen LogP contribution in [0.2, 0.25) is 0 Å². The van der Waals surface area contributed by atoms with Crippen LogP contribution in [0, 0.1) is 0 Å². The maximum absolute atomic E-state index is 6.69. The van der Waals surface area contributed by atoms with Crippen molar-refractivity contribution in [3.05, 3.63) is 200 Å². The Labute approximate surface area is 322 Å². The van der Waals surface area contributed by atoms with Crippen LogP contribution >= 0.6 is 11.3 Å². The lowest BCUT2D eigenvalue weighted by molar-refractivity contribution is 0.672. The van der Waals surface area contributed by atoms with Gasteiger partial charge in [0, 0.05) is 42.3 Å². The molecule has 0 amide bonds. The molecule has 55 heavy (non-hydrogen) atoms. The number of furan rings is 1. The fourth-order valence-electron chi connectivity index (χ4n) is 8.19. The standard InChI is InChI=1S/C52H33NOS/c1-3-12-34(13-4-1)38-30-39(35-14-5-2-6-15-35)32-40(31-38)36-22-25-41(26-23-36)53(42-27-29-45-44-18-9-10-21-49(44)55-50(45)33-42)47-19-11-20-48-51(47)46-28-24-37-16-7-8-17-43(37)52(46)54-48/h1-33H. The molecule has 0 N–H and O–H groups in total. The highest BCUT2D eigenvalue weighted by atomic mass is 32.1. The van der Waals surface area contributed by atoms with E-state index in [2.05, 4.69) is 205 Å². The molecule has 9 aromatic carbocycles. The number of hydrogen-bond donors (Lipinski definition) is 0. The molecule has 0 saturated carbocycles. The van der Waals surface area contributed by atoms with Crippen molar-refractivity contribution in [3.63, 3.8) is 0 Å². The van der Waals surface area contributed by atoms with E-state index < -0.39 is 0 Å². The molecule has 0 aliphatic rings. The number of hydrogen-bond acceptors (Lipinski definition) is 3. The first-order chi connectivity index (χ1) is 27.2. The highest BCUT2D eigenvalue weighted by Crippen LogP contribution is 2.46. The number of rotatable bonds is 6. The first-order valence-corrected chi connectivity index (χ1v) is 19.5. The van der Waals surface area contributed by atoms with Gasteiger partial charge in [-0.1, -0.05) is 133 Å². The Morgan fingerprint density at radius 2 is 0.945 bits per heavy atom. The zero-order valence-corrected chi connectivity index (χ0v) is 30.6. The maximum Gasteiger partial charge on any atom is 0.143 e. The molecule has 0 radical (unpaired) electrons. The van der Waals surface area contributed by atoms with Gasteiger partial charge in [0.2, 0.25) is 0 Å². The SMILES string of the molecule is c1ccc(-c2cc(-c3ccccc3)cc(-c3ccc(N(c4ccc5c(c4)sc4ccccc45)c4cccc5oc6c7ccccc7ccc6c45)cc3)c2)cc1. The van der Waals surface area contributed by atoms with Crippen LogP contribution in [0.1, 0.15) is 0 Å². The molecule has 0 unspecified atom stereocenters. The number of nitrogens with zero attached hydrogens (tertiary/aromatic N) is 1. The van der Waals surface area contributed by atoms with Crippen molar-refractivity contribution in [2.24, 2.45) is 0 Å². The van der Waals surface area contributed by atoms with Gasteiger partial charge in [-0.3, -0.25) is 0 Å². The summed E-state index contributed by atoms with van der Waals surface area (Å²) in [6.07, 6.45) is 0. The topological polar surface area (TPSA) is 16.4 Å². The molecule has 0 fully saturated rings. The molecule has 258 valence electrons. The summed E-state index contributed by atoms with van der Waals surface area (Å²) in [6.45, 7) is 0. The molecular formula is C52H33NOS. The second-order valence-corrected chi connectivity index (χ2v) is 15.2. The predicted molar refractivity (Wildman–Crippen MR) is 235 cm³/mol. The van der Waals surface area contributed by atoms with Crippen molar-refractivity contribution in [2.45, 2.75) is 0 Å². The van der Waals surface area contributed by atoms with Crippen molar-refractivity contribution in [1.29, 1.82) is 0 Å². The summed E-state index contributed by atoms with van der Waals surface area (Å²) in [5.41, 5.74) is 12.2. The van der Waals surface area contributed by atoms with Gasteiger partial charge in [0.15, 0.2) is 0 Å². The van der Waals surface area contributed by atoms with Gasteiger partial charge in [0.05, 0.1) is 11.1 Å². The van der Waals surface area contributed by atoms with Gasteiger partial charge in [0.25, 0.3) is 0 Å². The van der Waals surface area contributed by atoms with Crippen LogP contribution in [-0.2, 0) is 0 Å². The number of fused-ring (bicyclic) bond motifs is 8. The van der Waals surface area contributed by atoms with Crippen LogP contribution < -0.4 is 4.90 Å². The third-order valence-corrected chi connectivity index (χ3v) is 12.0. The molecular weight excluding hydrogens is 687 g/mol. The lowest BCUT2D eigenvalue weighted by Gasteiger charge is -2.26. The Morgan fingerprint density at radius 3 is 1.67 bits per heavy atom. The van der Waals surface area contributed by atoms with E-state index in [1.807, 2.05) is 11.3 Å². The van der Waals surface area contributed by atoms with Crippen LogP contribution in [0.5, 0.6) is 0 Å². The highest BCUT2D eigenvalue weighted by molar-refractivity contribution is 7.25. The average molecular weight is 720 g/mol. The first-order valence-electron chi connectivity index (χ1n) is 18.7. The quantitative estimate of drug-likeness (QED) is 0.170. The maximum atomic E-state index is 6.69. The van der Waals surface area contributed by atoms with Crippen molar-refractivity contribution in [1.82, 2.24) is 0 Å². The van der Waals surface area contributed by atoms with Gasteiger partial charge < -0.3 is 9.32 Å². The smallest absolute Gasteiger partial charge is 0.143 e. The summed E-state index contributed by atoms with van der Waals surface area (Å²) in [5.74, 6) is 0. The summed E-state index contributed by atoms with van der Waals surface area (Å²) < 4.78 is 9.25. The first kappa shape index (κ1) is 31.6. The van der Waals surface area contributed by atoms with Gasteiger partial charge in [0.1, 0.15) is 11.2 Å². The van der Waals surface area contributed by atoms with Gasteiger partial charge in [-0.25, -0.2) is 0 Å². The summed E-state index contributed by atoms with van der Waals surface area (Å²) in [7, 11) is 0. The highest BCUT2D eigenvalue weighted by Gasteiger charge is 2.21. The van der Waals surface area contributed by atoms with E-state index in [9.17, 15) is 0 Å². The zero-order chi connectivity index (χ0) is 36.3. The van der Waals surface area contributed by atoms with E-state index in [0.717, 1.165) is 50.0 Å². The largest absolute Gasteiger partial charge is 0.455 e. The molecule has 0 saturated heterocycles. The second-order valence-electron chi connectivity index (χ2n) is 14.1. The number of thiophene rings is 1. The Morgan fingerprint density at radius 1 is 0.364 bits per heavy atom. The predicted octanol–water partition coefficient (Wildman–Crippen LogP) is 15.6. The third-order valence-electron chi connectivity index (χ3n) is 10.8. The number of anilines is 3. The van der Waals surface area contributed by atoms with Gasteiger partial charge in [-0.05, 0) is 105 Å². The van der Waals surface area contributed by atoms with E-state index in [4.69, 9.17) is 4.42 Å². The third kappa shape index (κ3) is 5.40. The average Bonchev–Trinajstić information content (AvgIpc) is 3.83. The Bertz CT molecular complexity index is 3140. The molecule has 0 aliphatic carbocycles. The Hall–Kier alpha value is -6.94. The van der Waals surface area contributed by atoms with E-state index in [-0.39, 0.29) is 0 Å². The molecule has 2 nitrogen and oxygen atoms in total. The molecule has 0 aliphatic heterocycles. The van der Waals surface area contributed by atoms with Crippen molar-refractivity contribution >= 4 is 81.3 Å². The van der Waals surface area contributed by atoms with Gasteiger partial charge >= 0.3 is 0 Å². The van der Waals surface area contributed by atoms with E-state index >= 15 is 0 Å². The number of benzene rings is 9. The van der Waals surface area contributed by atoms with E-state index in [1.165, 1.54) is 53.4 Å². The summed E-state index contributed by atoms with van der Waals surface area (Å²) >= 11 is 1.85. The van der Waals surface area contributed by atoms with Gasteiger partial charge in [-0.15, -0.1) is 11.3 Å². The molecule has 0 atom stereocenters. The molecule has 3 heteroatoms. The molecule has 0 spiro atoms. The lowest BCUT2D eigenvalue weighted by Crippen LogP contribution is -2.10. The lowest BCUT2D eigenvalue weighted by atomic mass is 9.93. The van der Waals surface area contributed by atoms with Crippen LogP contribution in [0.3, 0.4) is 0 Å². The van der Waals surface area contributed by atoms with Gasteiger partial charge in [-0.2, -0.15) is 0 Å².